The van der Waals surface area contributed by atoms with E-state index in [1.54, 1.807) is 0 Å². The van der Waals surface area contributed by atoms with Crippen molar-refractivity contribution in [1.29, 1.82) is 0 Å². The van der Waals surface area contributed by atoms with E-state index in [0.29, 0.717) is 0 Å². The molecule has 0 saturated heterocycles. The molecule has 13 heavy (non-hydrogen) atoms. The molecule has 1 aromatic rings. The van der Waals surface area contributed by atoms with Crippen LogP contribution in [0.4, 0.5) is 0 Å². The molecule has 1 atom stereocenters. The Kier molecular flexibility index (Phi) is 2.54. The average molecular weight is 245 g/mol. The van der Waals surface area contributed by atoms with Crippen LogP contribution in [0.2, 0.25) is 0 Å². The Balaban J connectivity index is 2.16. The number of aromatic nitrogens is 2. The van der Waals surface area contributed by atoms with E-state index in [2.05, 4.69) is 9.19 Å². The van der Waals surface area contributed by atoms with Gasteiger partial charge >= 0.3 is 83.8 Å². The maximum absolute atomic E-state index is 9.91. The second kappa shape index (κ2) is 3.52. The van der Waals surface area contributed by atoms with E-state index >= 15 is 0 Å². The zero-order valence-corrected chi connectivity index (χ0v) is 9.50. The molecule has 0 bridgehead atoms. The van der Waals surface area contributed by atoms with Crippen LogP contribution in [0.1, 0.15) is 36.3 Å². The van der Waals surface area contributed by atoms with Crippen LogP contribution in [-0.4, -0.2) is 34.6 Å². The quantitative estimate of drug-likeness (QED) is 0.679. The van der Waals surface area contributed by atoms with E-state index in [9.17, 15) is 5.11 Å². The first-order chi connectivity index (χ1) is 6.17. The summed E-state index contributed by atoms with van der Waals surface area (Å²) in [6, 6.07) is 0. The average Bonchev–Trinajstić information content (AvgIpc) is 2.46. The fraction of sp³-hybridized carbons (Fsp3) is 0.778. The molecule has 4 heteroatoms. The first-order valence-electron chi connectivity index (χ1n) is 4.70. The summed E-state index contributed by atoms with van der Waals surface area (Å²) in [6.07, 6.45) is 4.84. The molecule has 1 unspecified atom stereocenters. The molecule has 0 aliphatic heterocycles. The zero-order chi connectivity index (χ0) is 9.31. The Morgan fingerprint density at radius 2 is 2.23 bits per heavy atom. The molecule has 2 rings (SSSR count). The molecular formula is C9H14N2OSe. The molecule has 0 amide bonds. The third-order valence-corrected chi connectivity index (χ3v) is 4.38. The van der Waals surface area contributed by atoms with Gasteiger partial charge in [-0.15, -0.1) is 0 Å². The number of hydrogen-bond acceptors (Lipinski definition) is 3. The summed E-state index contributed by atoms with van der Waals surface area (Å²) in [5.74, 6) is 0. The molecule has 1 heterocycles. The van der Waals surface area contributed by atoms with Gasteiger partial charge in [0.05, 0.1) is 0 Å². The van der Waals surface area contributed by atoms with Crippen molar-refractivity contribution in [3.05, 3.63) is 10.1 Å². The number of aliphatic hydroxyl groups is 1. The van der Waals surface area contributed by atoms with Crippen molar-refractivity contribution in [3.63, 3.8) is 0 Å². The molecule has 1 N–H and O–H groups in total. The van der Waals surface area contributed by atoms with Gasteiger partial charge in [-0.3, -0.25) is 0 Å². The molecule has 1 aromatic heterocycles. The van der Waals surface area contributed by atoms with E-state index in [1.807, 2.05) is 6.92 Å². The van der Waals surface area contributed by atoms with Crippen molar-refractivity contribution >= 4 is 14.7 Å². The second-order valence-electron chi connectivity index (χ2n) is 3.99. The minimum absolute atomic E-state index is 0.276. The van der Waals surface area contributed by atoms with Crippen molar-refractivity contribution in [2.24, 2.45) is 0 Å². The van der Waals surface area contributed by atoms with Gasteiger partial charge in [0.25, 0.3) is 0 Å². The topological polar surface area (TPSA) is 46.0 Å². The van der Waals surface area contributed by atoms with Gasteiger partial charge in [-0.05, 0) is 0 Å². The molecule has 0 spiro atoms. The molecule has 0 aromatic carbocycles. The van der Waals surface area contributed by atoms with E-state index in [0.717, 1.165) is 32.1 Å². The van der Waals surface area contributed by atoms with Crippen molar-refractivity contribution in [1.82, 2.24) is 9.19 Å². The van der Waals surface area contributed by atoms with Gasteiger partial charge in [0.1, 0.15) is 0 Å². The van der Waals surface area contributed by atoms with Gasteiger partial charge in [-0.25, -0.2) is 0 Å². The monoisotopic (exact) mass is 246 g/mol. The standard InChI is InChI=1S/C9H14N2OSe/c1-9(12)5-2-3-8-7(4-6-9)10-11-13-8/h12H,2-6H2,1H3. The van der Waals surface area contributed by atoms with Gasteiger partial charge in [0, 0.05) is 0 Å². The summed E-state index contributed by atoms with van der Waals surface area (Å²) >= 11 is 0.276. The third kappa shape index (κ3) is 2.19. The predicted octanol–water partition coefficient (Wildman–Crippen LogP) is 0.553. The Morgan fingerprint density at radius 3 is 3.08 bits per heavy atom. The van der Waals surface area contributed by atoms with Gasteiger partial charge in [0.2, 0.25) is 0 Å². The second-order valence-corrected chi connectivity index (χ2v) is 5.75. The number of nitrogens with zero attached hydrogens (tertiary/aromatic N) is 2. The van der Waals surface area contributed by atoms with Gasteiger partial charge in [0.15, 0.2) is 0 Å². The van der Waals surface area contributed by atoms with Gasteiger partial charge in [-0.2, -0.15) is 0 Å². The number of aryl methyl sites for hydroxylation is 2. The van der Waals surface area contributed by atoms with Crippen LogP contribution in [0, 0.1) is 0 Å². The summed E-state index contributed by atoms with van der Waals surface area (Å²) in [5, 5.41) is 14.1. The molecule has 0 saturated carbocycles. The molecule has 3 nitrogen and oxygen atoms in total. The van der Waals surface area contributed by atoms with E-state index < -0.39 is 5.60 Å². The number of rotatable bonds is 0. The van der Waals surface area contributed by atoms with Crippen molar-refractivity contribution in [3.8, 4) is 0 Å². The molecule has 0 fully saturated rings. The van der Waals surface area contributed by atoms with Crippen molar-refractivity contribution < 1.29 is 5.11 Å². The zero-order valence-electron chi connectivity index (χ0n) is 7.79. The summed E-state index contributed by atoms with van der Waals surface area (Å²) in [4.78, 5) is 0. The van der Waals surface area contributed by atoms with E-state index in [4.69, 9.17) is 0 Å². The summed E-state index contributed by atoms with van der Waals surface area (Å²) in [7, 11) is 0. The normalized spacial score (nSPS) is 29.1. The summed E-state index contributed by atoms with van der Waals surface area (Å²) in [5.41, 5.74) is 0.684. The first kappa shape index (κ1) is 9.38. The minimum atomic E-state index is -0.482. The van der Waals surface area contributed by atoms with Crippen LogP contribution in [0.5, 0.6) is 0 Å². The Hall–Kier alpha value is -0.181. The Bertz CT molecular complexity index is 296. The van der Waals surface area contributed by atoms with Crippen molar-refractivity contribution in [2.75, 3.05) is 0 Å². The van der Waals surface area contributed by atoms with Crippen LogP contribution in [0.25, 0.3) is 0 Å². The van der Waals surface area contributed by atoms with Crippen LogP contribution >= 0.6 is 0 Å². The number of fused-ring (bicyclic) bond motifs is 1. The fourth-order valence-corrected chi connectivity index (χ4v) is 3.26. The van der Waals surface area contributed by atoms with Crippen LogP contribution in [-0.2, 0) is 12.8 Å². The maximum atomic E-state index is 9.91. The number of hydrogen-bond donors (Lipinski definition) is 1. The first-order valence-corrected chi connectivity index (χ1v) is 6.32. The SMILES string of the molecule is CC1(O)CCCc2[se]nnc2CC1. The summed E-state index contributed by atoms with van der Waals surface area (Å²) < 4.78 is 5.55. The molecule has 1 aliphatic carbocycles. The van der Waals surface area contributed by atoms with Crippen molar-refractivity contribution in [2.45, 2.75) is 44.6 Å². The van der Waals surface area contributed by atoms with Crippen LogP contribution < -0.4 is 0 Å². The molecular weight excluding hydrogens is 231 g/mol. The fourth-order valence-electron chi connectivity index (χ4n) is 1.75. The van der Waals surface area contributed by atoms with E-state index in [1.165, 1.54) is 10.1 Å². The molecule has 1 aliphatic rings. The van der Waals surface area contributed by atoms with Gasteiger partial charge < -0.3 is 0 Å². The third-order valence-electron chi connectivity index (χ3n) is 2.65. The van der Waals surface area contributed by atoms with Crippen LogP contribution in [0.3, 0.4) is 0 Å². The predicted molar refractivity (Wildman–Crippen MR) is 50.9 cm³/mol. The Labute approximate surface area is 84.2 Å². The van der Waals surface area contributed by atoms with E-state index in [-0.39, 0.29) is 14.7 Å². The molecule has 72 valence electrons. The summed E-state index contributed by atoms with van der Waals surface area (Å²) in [6.45, 7) is 1.93. The molecule has 0 radical (unpaired) electrons. The van der Waals surface area contributed by atoms with Crippen LogP contribution in [0.15, 0.2) is 0 Å². The van der Waals surface area contributed by atoms with Gasteiger partial charge in [-0.1, -0.05) is 0 Å². The Morgan fingerprint density at radius 1 is 1.38 bits per heavy atom.